The fourth-order valence-corrected chi connectivity index (χ4v) is 4.54. The lowest BCUT2D eigenvalue weighted by molar-refractivity contribution is 0.220. The van der Waals surface area contributed by atoms with E-state index in [0.29, 0.717) is 6.04 Å². The Labute approximate surface area is 167 Å². The maximum atomic E-state index is 6.07. The van der Waals surface area contributed by atoms with E-state index in [-0.39, 0.29) is 0 Å². The molecule has 1 atom stereocenters. The molecule has 0 bridgehead atoms. The largest absolute Gasteiger partial charge is 0.318 e. The van der Waals surface area contributed by atoms with E-state index >= 15 is 0 Å². The highest BCUT2D eigenvalue weighted by Gasteiger charge is 2.29. The van der Waals surface area contributed by atoms with Crippen LogP contribution in [-0.4, -0.2) is 23.1 Å². The van der Waals surface area contributed by atoms with Crippen LogP contribution in [0.4, 0.5) is 0 Å². The number of rotatable bonds is 3. The van der Waals surface area contributed by atoms with Crippen molar-refractivity contribution in [2.24, 2.45) is 0 Å². The third-order valence-corrected chi connectivity index (χ3v) is 6.13. The monoisotopic (exact) mass is 378 g/mol. The molecule has 1 aliphatic rings. The fraction of sp³-hybridized carbons (Fsp3) is 0.333. The number of aryl methyl sites for hydroxylation is 1. The number of fused-ring (bicyclic) bond motifs is 3. The second kappa shape index (κ2) is 7.18. The van der Waals surface area contributed by atoms with E-state index in [0.717, 1.165) is 24.4 Å². The van der Waals surface area contributed by atoms with Crippen molar-refractivity contribution in [3.63, 3.8) is 0 Å². The zero-order valence-electron chi connectivity index (χ0n) is 16.6. The molecule has 0 saturated carbocycles. The quantitative estimate of drug-likeness (QED) is 0.501. The van der Waals surface area contributed by atoms with Crippen LogP contribution in [0.5, 0.6) is 0 Å². The molecule has 0 aliphatic carbocycles. The van der Waals surface area contributed by atoms with Gasteiger partial charge in [-0.25, -0.2) is 0 Å². The van der Waals surface area contributed by atoms with Gasteiger partial charge in [-0.2, -0.15) is 0 Å². The molecule has 1 unspecified atom stereocenters. The predicted octanol–water partition coefficient (Wildman–Crippen LogP) is 6.56. The van der Waals surface area contributed by atoms with Gasteiger partial charge in [-0.3, -0.25) is 4.90 Å². The minimum atomic E-state index is 0.454. The molecular formula is C24H27ClN2. The summed E-state index contributed by atoms with van der Waals surface area (Å²) in [6.45, 7) is 7.78. The van der Waals surface area contributed by atoms with Gasteiger partial charge in [-0.05, 0) is 74.7 Å². The van der Waals surface area contributed by atoms with E-state index in [2.05, 4.69) is 73.8 Å². The highest BCUT2D eigenvalue weighted by atomic mass is 35.5. The molecule has 27 heavy (non-hydrogen) atoms. The number of benzene rings is 2. The second-order valence-electron chi connectivity index (χ2n) is 7.73. The average molecular weight is 379 g/mol. The van der Waals surface area contributed by atoms with Crippen molar-refractivity contribution in [2.45, 2.75) is 39.7 Å². The molecule has 2 aromatic carbocycles. The van der Waals surface area contributed by atoms with Gasteiger partial charge in [-0.15, -0.1) is 0 Å². The Morgan fingerprint density at radius 3 is 2.63 bits per heavy atom. The van der Waals surface area contributed by atoms with Gasteiger partial charge in [0.05, 0.1) is 11.6 Å². The van der Waals surface area contributed by atoms with Crippen LogP contribution >= 0.6 is 11.6 Å². The maximum absolute atomic E-state index is 6.07. The highest BCUT2D eigenvalue weighted by molar-refractivity contribution is 6.30. The van der Waals surface area contributed by atoms with Gasteiger partial charge in [0.2, 0.25) is 0 Å². The minimum absolute atomic E-state index is 0.454. The number of hydrogen-bond donors (Lipinski definition) is 0. The topological polar surface area (TPSA) is 8.17 Å². The summed E-state index contributed by atoms with van der Waals surface area (Å²) in [5.41, 5.74) is 8.08. The van der Waals surface area contributed by atoms with E-state index in [9.17, 15) is 0 Å². The summed E-state index contributed by atoms with van der Waals surface area (Å²) < 4.78 is 2.44. The van der Waals surface area contributed by atoms with Gasteiger partial charge in [-0.1, -0.05) is 42.3 Å². The molecule has 0 spiro atoms. The van der Waals surface area contributed by atoms with Crippen LogP contribution in [0.3, 0.4) is 0 Å². The fourth-order valence-electron chi connectivity index (χ4n) is 4.42. The first-order chi connectivity index (χ1) is 13.0. The van der Waals surface area contributed by atoms with Crippen molar-refractivity contribution in [2.75, 3.05) is 13.6 Å². The molecule has 0 fully saturated rings. The molecule has 2 nitrogen and oxygen atoms in total. The first-order valence-electron chi connectivity index (χ1n) is 9.77. The predicted molar refractivity (Wildman–Crippen MR) is 117 cm³/mol. The maximum Gasteiger partial charge on any atom is 0.0529 e. The molecule has 0 saturated heterocycles. The van der Waals surface area contributed by atoms with Crippen molar-refractivity contribution in [3.8, 4) is 0 Å². The summed E-state index contributed by atoms with van der Waals surface area (Å²) in [5, 5.41) is 2.19. The molecule has 3 aromatic rings. The Hall–Kier alpha value is -2.03. The zero-order valence-corrected chi connectivity index (χ0v) is 17.3. The van der Waals surface area contributed by atoms with Gasteiger partial charge < -0.3 is 4.57 Å². The van der Waals surface area contributed by atoms with E-state index < -0.39 is 0 Å². The van der Waals surface area contributed by atoms with Crippen LogP contribution in [-0.2, 0) is 6.42 Å². The number of halogens is 1. The first-order valence-corrected chi connectivity index (χ1v) is 10.1. The number of hydrogen-bond acceptors (Lipinski definition) is 1. The normalized spacial score (nSPS) is 18.1. The SMILES string of the molecule is CCC1c2c(c3cc(C)ccc3n2C=C(C)c2ccc(Cl)cc2)CCN1C. The molecule has 3 heteroatoms. The van der Waals surface area contributed by atoms with Crippen LogP contribution in [0.2, 0.25) is 5.02 Å². The summed E-state index contributed by atoms with van der Waals surface area (Å²) in [7, 11) is 2.25. The Kier molecular flexibility index (Phi) is 4.88. The molecular weight excluding hydrogens is 352 g/mol. The van der Waals surface area contributed by atoms with Gasteiger partial charge in [0, 0.05) is 28.8 Å². The van der Waals surface area contributed by atoms with E-state index in [4.69, 9.17) is 11.6 Å². The van der Waals surface area contributed by atoms with Crippen LogP contribution in [0.25, 0.3) is 22.7 Å². The third kappa shape index (κ3) is 3.22. The Morgan fingerprint density at radius 1 is 1.19 bits per heavy atom. The van der Waals surface area contributed by atoms with Crippen molar-refractivity contribution in [1.82, 2.24) is 9.47 Å². The smallest absolute Gasteiger partial charge is 0.0529 e. The van der Waals surface area contributed by atoms with Crippen LogP contribution in [0, 0.1) is 6.92 Å². The number of nitrogens with zero attached hydrogens (tertiary/aromatic N) is 2. The molecule has 1 aromatic heterocycles. The summed E-state index contributed by atoms with van der Waals surface area (Å²) in [5.74, 6) is 0. The lowest BCUT2D eigenvalue weighted by atomic mass is 9.96. The summed E-state index contributed by atoms with van der Waals surface area (Å²) in [6, 6.07) is 15.4. The third-order valence-electron chi connectivity index (χ3n) is 5.88. The van der Waals surface area contributed by atoms with E-state index in [1.165, 1.54) is 38.9 Å². The molecule has 0 amide bonds. The van der Waals surface area contributed by atoms with Crippen molar-refractivity contribution >= 4 is 34.3 Å². The highest BCUT2D eigenvalue weighted by Crippen LogP contribution is 2.39. The van der Waals surface area contributed by atoms with Gasteiger partial charge in [0.15, 0.2) is 0 Å². The molecule has 1 aliphatic heterocycles. The first kappa shape index (κ1) is 18.3. The minimum Gasteiger partial charge on any atom is -0.318 e. The number of allylic oxidation sites excluding steroid dienone is 1. The van der Waals surface area contributed by atoms with Gasteiger partial charge in [0.1, 0.15) is 0 Å². The van der Waals surface area contributed by atoms with Crippen LogP contribution < -0.4 is 0 Å². The number of likely N-dealkylation sites (N-methyl/N-ethyl adjacent to an activating group) is 1. The lowest BCUT2D eigenvalue weighted by Gasteiger charge is -2.33. The Balaban J connectivity index is 1.95. The second-order valence-corrected chi connectivity index (χ2v) is 8.16. The summed E-state index contributed by atoms with van der Waals surface area (Å²) in [4.78, 5) is 2.50. The van der Waals surface area contributed by atoms with E-state index in [1.54, 1.807) is 0 Å². The zero-order chi connectivity index (χ0) is 19.1. The Bertz CT molecular complexity index is 1010. The average Bonchev–Trinajstić information content (AvgIpc) is 2.95. The number of aromatic nitrogens is 1. The summed E-state index contributed by atoms with van der Waals surface area (Å²) >= 11 is 6.07. The van der Waals surface area contributed by atoms with Gasteiger partial charge in [0.25, 0.3) is 0 Å². The van der Waals surface area contributed by atoms with Crippen molar-refractivity contribution in [3.05, 3.63) is 69.9 Å². The van der Waals surface area contributed by atoms with E-state index in [1.807, 2.05) is 12.1 Å². The van der Waals surface area contributed by atoms with Crippen molar-refractivity contribution in [1.29, 1.82) is 0 Å². The van der Waals surface area contributed by atoms with Gasteiger partial charge >= 0.3 is 0 Å². The lowest BCUT2D eigenvalue weighted by Crippen LogP contribution is -2.32. The Morgan fingerprint density at radius 2 is 1.93 bits per heavy atom. The van der Waals surface area contributed by atoms with Crippen LogP contribution in [0.15, 0.2) is 42.5 Å². The molecule has 0 radical (unpaired) electrons. The standard InChI is InChI=1S/C24H27ClN2/c1-5-22-24-20(12-13-26(22)4)21-14-16(2)6-11-23(21)27(24)15-17(3)18-7-9-19(25)10-8-18/h6-11,14-15,22H,5,12-13H2,1-4H3. The van der Waals surface area contributed by atoms with Crippen LogP contribution in [0.1, 0.15) is 48.7 Å². The molecule has 4 rings (SSSR count). The molecule has 140 valence electrons. The molecule has 0 N–H and O–H groups in total. The summed E-state index contributed by atoms with van der Waals surface area (Å²) in [6.07, 6.45) is 4.54. The molecule has 2 heterocycles. The van der Waals surface area contributed by atoms with Crippen molar-refractivity contribution < 1.29 is 0 Å².